The van der Waals surface area contributed by atoms with Gasteiger partial charge in [0.05, 0.1) is 18.1 Å². The van der Waals surface area contributed by atoms with Crippen LogP contribution in [0.4, 0.5) is 0 Å². The lowest BCUT2D eigenvalue weighted by Gasteiger charge is -2.30. The Morgan fingerprint density at radius 2 is 1.68 bits per heavy atom. The number of hydrogen-bond donors (Lipinski definition) is 1. The lowest BCUT2D eigenvalue weighted by atomic mass is 9.98. The van der Waals surface area contributed by atoms with E-state index in [4.69, 9.17) is 21.1 Å². The summed E-state index contributed by atoms with van der Waals surface area (Å²) in [7, 11) is -3.68. The van der Waals surface area contributed by atoms with Crippen LogP contribution in [-0.2, 0) is 27.8 Å². The molecular weight excluding hydrogens is 440 g/mol. The van der Waals surface area contributed by atoms with Crippen molar-refractivity contribution in [3.63, 3.8) is 0 Å². The molecule has 0 unspecified atom stereocenters. The topological polar surface area (TPSA) is 84.9 Å². The third-order valence-corrected chi connectivity index (χ3v) is 6.71. The number of sulfonamides is 1. The molecule has 0 aromatic heterocycles. The van der Waals surface area contributed by atoms with Crippen molar-refractivity contribution in [3.8, 4) is 11.5 Å². The van der Waals surface area contributed by atoms with Crippen molar-refractivity contribution >= 4 is 27.5 Å². The fourth-order valence-corrected chi connectivity index (χ4v) is 4.62. The van der Waals surface area contributed by atoms with Gasteiger partial charge in [0, 0.05) is 31.1 Å². The normalized spacial score (nSPS) is 13.6. The number of carbonyl (C=O) groups excluding carboxylic acids is 1. The highest BCUT2D eigenvalue weighted by atomic mass is 35.5. The maximum absolute atomic E-state index is 12.7. The third kappa shape index (κ3) is 5.90. The minimum Gasteiger partial charge on any atom is -0.490 e. The first kappa shape index (κ1) is 23.4. The summed E-state index contributed by atoms with van der Waals surface area (Å²) >= 11 is 5.80. The number of fused-ring (bicyclic) bond motifs is 1. The Balaban J connectivity index is 1.60. The fourth-order valence-electron chi connectivity index (χ4n) is 3.46. The molecule has 2 aromatic rings. The summed E-state index contributed by atoms with van der Waals surface area (Å²) in [4.78, 5) is 14.5. The molecule has 1 N–H and O–H groups in total. The number of rotatable bonds is 9. The number of nitrogens with one attached hydrogen (secondary N) is 1. The number of halogens is 1. The first-order valence-corrected chi connectivity index (χ1v) is 12.1. The van der Waals surface area contributed by atoms with Crippen LogP contribution < -0.4 is 14.2 Å². The quantitative estimate of drug-likeness (QED) is 0.612. The van der Waals surface area contributed by atoms with Crippen molar-refractivity contribution in [2.45, 2.75) is 38.1 Å². The van der Waals surface area contributed by atoms with Crippen molar-refractivity contribution in [1.29, 1.82) is 0 Å². The van der Waals surface area contributed by atoms with Gasteiger partial charge in [-0.3, -0.25) is 4.79 Å². The second-order valence-electron chi connectivity index (χ2n) is 7.10. The Morgan fingerprint density at radius 1 is 1.06 bits per heavy atom. The molecule has 9 heteroatoms. The summed E-state index contributed by atoms with van der Waals surface area (Å²) in [6.45, 7) is 5.98. The average molecular weight is 467 g/mol. The smallest absolute Gasteiger partial charge is 0.240 e. The van der Waals surface area contributed by atoms with Gasteiger partial charge in [-0.15, -0.1) is 0 Å². The van der Waals surface area contributed by atoms with Crippen molar-refractivity contribution in [3.05, 3.63) is 52.5 Å². The van der Waals surface area contributed by atoms with Crippen molar-refractivity contribution in [2.24, 2.45) is 0 Å². The zero-order chi connectivity index (χ0) is 22.4. The first-order chi connectivity index (χ1) is 14.8. The summed E-state index contributed by atoms with van der Waals surface area (Å²) in [6, 6.07) is 9.82. The molecule has 3 rings (SSSR count). The predicted octanol–water partition coefficient (Wildman–Crippen LogP) is 3.39. The Morgan fingerprint density at radius 3 is 2.29 bits per heavy atom. The number of carbonyl (C=O) groups is 1. The SMILES string of the molecule is CCOc1cc2c(cc1OCC)CN(C(=O)CCNS(=O)(=O)c1ccc(Cl)cc1)CC2. The Labute approximate surface area is 188 Å². The molecule has 31 heavy (non-hydrogen) atoms. The molecule has 0 atom stereocenters. The van der Waals surface area contributed by atoms with Crippen LogP contribution >= 0.6 is 11.6 Å². The first-order valence-electron chi connectivity index (χ1n) is 10.3. The minimum atomic E-state index is -3.68. The lowest BCUT2D eigenvalue weighted by Crippen LogP contribution is -2.38. The van der Waals surface area contributed by atoms with Crippen LogP contribution in [0.15, 0.2) is 41.3 Å². The molecule has 0 spiro atoms. The number of ether oxygens (including phenoxy) is 2. The monoisotopic (exact) mass is 466 g/mol. The molecule has 7 nitrogen and oxygen atoms in total. The molecular formula is C22H27ClN2O5S. The summed E-state index contributed by atoms with van der Waals surface area (Å²) < 4.78 is 38.5. The van der Waals surface area contributed by atoms with E-state index < -0.39 is 10.0 Å². The van der Waals surface area contributed by atoms with Crippen LogP contribution in [0, 0.1) is 0 Å². The zero-order valence-corrected chi connectivity index (χ0v) is 19.3. The molecule has 168 valence electrons. The van der Waals surface area contributed by atoms with Gasteiger partial charge in [0.25, 0.3) is 0 Å². The van der Waals surface area contributed by atoms with Gasteiger partial charge in [-0.1, -0.05) is 11.6 Å². The van der Waals surface area contributed by atoms with E-state index in [0.717, 1.165) is 16.9 Å². The van der Waals surface area contributed by atoms with E-state index in [1.807, 2.05) is 26.0 Å². The maximum atomic E-state index is 12.7. The van der Waals surface area contributed by atoms with E-state index in [9.17, 15) is 13.2 Å². The molecule has 1 aliphatic heterocycles. The van der Waals surface area contributed by atoms with Gasteiger partial charge in [0.1, 0.15) is 0 Å². The van der Waals surface area contributed by atoms with Crippen molar-refractivity contribution < 1.29 is 22.7 Å². The van der Waals surface area contributed by atoms with Gasteiger partial charge in [0.2, 0.25) is 15.9 Å². The van der Waals surface area contributed by atoms with E-state index in [2.05, 4.69) is 4.72 Å². The van der Waals surface area contributed by atoms with Crippen LogP contribution in [0.5, 0.6) is 11.5 Å². The van der Waals surface area contributed by atoms with E-state index in [-0.39, 0.29) is 23.8 Å². The second-order valence-corrected chi connectivity index (χ2v) is 9.30. The van der Waals surface area contributed by atoms with E-state index in [0.29, 0.717) is 43.5 Å². The predicted molar refractivity (Wildman–Crippen MR) is 119 cm³/mol. The summed E-state index contributed by atoms with van der Waals surface area (Å²) in [6.07, 6.45) is 0.793. The largest absolute Gasteiger partial charge is 0.490 e. The number of amides is 1. The maximum Gasteiger partial charge on any atom is 0.240 e. The molecule has 0 radical (unpaired) electrons. The second kappa shape index (κ2) is 10.3. The lowest BCUT2D eigenvalue weighted by molar-refractivity contribution is -0.131. The Kier molecular flexibility index (Phi) is 7.80. The van der Waals surface area contributed by atoms with Gasteiger partial charge in [0.15, 0.2) is 11.5 Å². The highest BCUT2D eigenvalue weighted by Crippen LogP contribution is 2.34. The highest BCUT2D eigenvalue weighted by Gasteiger charge is 2.23. The number of nitrogens with zero attached hydrogens (tertiary/aromatic N) is 1. The summed E-state index contributed by atoms with van der Waals surface area (Å²) in [5.74, 6) is 1.30. The molecule has 0 fully saturated rings. The third-order valence-electron chi connectivity index (χ3n) is 4.99. The molecule has 0 aliphatic carbocycles. The molecule has 1 amide bonds. The molecule has 0 bridgehead atoms. The summed E-state index contributed by atoms with van der Waals surface area (Å²) in [5.41, 5.74) is 2.16. The van der Waals surface area contributed by atoms with Crippen molar-refractivity contribution in [1.82, 2.24) is 9.62 Å². The number of hydrogen-bond acceptors (Lipinski definition) is 5. The van der Waals surface area contributed by atoms with Gasteiger partial charge in [-0.05, 0) is 67.8 Å². The Bertz CT molecular complexity index is 1020. The van der Waals surface area contributed by atoms with Crippen LogP contribution in [0.3, 0.4) is 0 Å². The van der Waals surface area contributed by atoms with Gasteiger partial charge in [-0.2, -0.15) is 0 Å². The van der Waals surface area contributed by atoms with Crippen LogP contribution in [0.1, 0.15) is 31.4 Å². The molecule has 1 heterocycles. The van der Waals surface area contributed by atoms with Gasteiger partial charge >= 0.3 is 0 Å². The Hall–Kier alpha value is -2.29. The molecule has 1 aliphatic rings. The molecule has 2 aromatic carbocycles. The van der Waals surface area contributed by atoms with E-state index in [1.165, 1.54) is 24.3 Å². The minimum absolute atomic E-state index is 0.0284. The van der Waals surface area contributed by atoms with Gasteiger partial charge in [-0.25, -0.2) is 13.1 Å². The molecule has 0 saturated carbocycles. The molecule has 0 saturated heterocycles. The average Bonchev–Trinajstić information content (AvgIpc) is 2.74. The van der Waals surface area contributed by atoms with E-state index >= 15 is 0 Å². The van der Waals surface area contributed by atoms with Crippen molar-refractivity contribution in [2.75, 3.05) is 26.3 Å². The van der Waals surface area contributed by atoms with Crippen LogP contribution in [0.25, 0.3) is 0 Å². The standard InChI is InChI=1S/C22H27ClN2O5S/c1-3-29-20-13-16-10-12-25(15-17(16)14-21(20)30-4-2)22(26)9-11-24-31(27,28)19-7-5-18(23)6-8-19/h5-8,13-14,24H,3-4,9-12,15H2,1-2H3. The fraction of sp³-hybridized carbons (Fsp3) is 0.409. The van der Waals surface area contributed by atoms with Gasteiger partial charge < -0.3 is 14.4 Å². The highest BCUT2D eigenvalue weighted by molar-refractivity contribution is 7.89. The zero-order valence-electron chi connectivity index (χ0n) is 17.7. The number of benzene rings is 2. The van der Waals surface area contributed by atoms with E-state index in [1.54, 1.807) is 4.90 Å². The van der Waals surface area contributed by atoms with Crippen LogP contribution in [0.2, 0.25) is 5.02 Å². The summed E-state index contributed by atoms with van der Waals surface area (Å²) in [5, 5.41) is 0.459. The van der Waals surface area contributed by atoms with Crippen LogP contribution in [-0.4, -0.2) is 45.5 Å².